The maximum atomic E-state index is 5.92. The summed E-state index contributed by atoms with van der Waals surface area (Å²) in [5.74, 6) is 0. The van der Waals surface area contributed by atoms with Gasteiger partial charge in [-0.15, -0.1) is 0 Å². The largest absolute Gasteiger partial charge is 0.398 e. The molecule has 0 fully saturated rings. The molecule has 3 rings (SSSR count). The van der Waals surface area contributed by atoms with E-state index in [2.05, 4.69) is 9.97 Å². The van der Waals surface area contributed by atoms with Gasteiger partial charge in [-0.2, -0.15) is 0 Å². The number of aromatic nitrogens is 2. The van der Waals surface area contributed by atoms with Crippen molar-refractivity contribution in [3.05, 3.63) is 36.7 Å². The fourth-order valence-electron chi connectivity index (χ4n) is 1.79. The van der Waals surface area contributed by atoms with Crippen LogP contribution in [0.1, 0.15) is 0 Å². The van der Waals surface area contributed by atoms with E-state index in [0.29, 0.717) is 0 Å². The molecule has 3 nitrogen and oxygen atoms in total. The number of nitrogen functional groups attached to an aromatic ring is 1. The number of benzene rings is 1. The molecule has 3 heteroatoms. The highest BCUT2D eigenvalue weighted by atomic mass is 14.7. The first kappa shape index (κ1) is 7.38. The monoisotopic (exact) mass is 183 g/mol. The van der Waals surface area contributed by atoms with Gasteiger partial charge in [0.2, 0.25) is 0 Å². The van der Waals surface area contributed by atoms with Gasteiger partial charge in [-0.1, -0.05) is 6.07 Å². The van der Waals surface area contributed by atoms with Gasteiger partial charge in [-0.05, 0) is 18.2 Å². The molecule has 0 atom stereocenters. The van der Waals surface area contributed by atoms with Gasteiger partial charge in [0.25, 0.3) is 0 Å². The lowest BCUT2D eigenvalue weighted by atomic mass is 10.1. The Labute approximate surface area is 80.6 Å². The molecule has 0 saturated carbocycles. The number of pyridine rings is 1. The summed E-state index contributed by atoms with van der Waals surface area (Å²) in [6.45, 7) is 0. The Morgan fingerprint density at radius 2 is 2.07 bits per heavy atom. The lowest BCUT2D eigenvalue weighted by molar-refractivity contribution is 1.41. The predicted molar refractivity (Wildman–Crippen MR) is 58.0 cm³/mol. The number of H-pyrrole nitrogens is 1. The van der Waals surface area contributed by atoms with Crippen molar-refractivity contribution in [3.63, 3.8) is 0 Å². The first-order valence-electron chi connectivity index (χ1n) is 4.46. The summed E-state index contributed by atoms with van der Waals surface area (Å²) in [5, 5.41) is 2.14. The Kier molecular flexibility index (Phi) is 1.31. The lowest BCUT2D eigenvalue weighted by Gasteiger charge is -2.02. The summed E-state index contributed by atoms with van der Waals surface area (Å²) in [6.07, 6.45) is 3.64. The van der Waals surface area contributed by atoms with Gasteiger partial charge in [0.15, 0.2) is 0 Å². The number of nitrogens with one attached hydrogen (secondary N) is 1. The molecule has 68 valence electrons. The molecule has 2 aromatic heterocycles. The molecular weight excluding hydrogens is 174 g/mol. The highest BCUT2D eigenvalue weighted by Gasteiger charge is 2.04. The van der Waals surface area contributed by atoms with Crippen molar-refractivity contribution in [1.82, 2.24) is 9.97 Å². The summed E-state index contributed by atoms with van der Waals surface area (Å²) in [5.41, 5.74) is 8.68. The van der Waals surface area contributed by atoms with E-state index in [9.17, 15) is 0 Å². The summed E-state index contributed by atoms with van der Waals surface area (Å²) in [6, 6.07) is 7.91. The molecule has 0 radical (unpaired) electrons. The molecule has 0 spiro atoms. The second-order valence-corrected chi connectivity index (χ2v) is 3.30. The van der Waals surface area contributed by atoms with Crippen LogP contribution in [0.5, 0.6) is 0 Å². The number of nitrogens with zero attached hydrogens (tertiary/aromatic N) is 1. The highest BCUT2D eigenvalue weighted by molar-refractivity contribution is 6.09. The molecule has 3 N–H and O–H groups in total. The fourth-order valence-corrected chi connectivity index (χ4v) is 1.79. The van der Waals surface area contributed by atoms with Gasteiger partial charge in [-0.3, -0.25) is 4.98 Å². The number of fused-ring (bicyclic) bond motifs is 3. The van der Waals surface area contributed by atoms with Crippen molar-refractivity contribution < 1.29 is 0 Å². The number of rotatable bonds is 0. The van der Waals surface area contributed by atoms with E-state index in [-0.39, 0.29) is 0 Å². The predicted octanol–water partition coefficient (Wildman–Crippen LogP) is 2.30. The molecule has 0 unspecified atom stereocenters. The van der Waals surface area contributed by atoms with Crippen LogP contribution in [-0.2, 0) is 0 Å². The minimum atomic E-state index is 0.767. The zero-order chi connectivity index (χ0) is 9.54. The number of nitrogens with two attached hydrogens (primary N) is 1. The zero-order valence-electron chi connectivity index (χ0n) is 7.49. The van der Waals surface area contributed by atoms with Crippen molar-refractivity contribution in [2.24, 2.45) is 0 Å². The SMILES string of the molecule is Nc1cc[nH]c2ccc3ccnc3c12. The van der Waals surface area contributed by atoms with Gasteiger partial charge in [0.1, 0.15) is 0 Å². The highest BCUT2D eigenvalue weighted by Crippen LogP contribution is 2.26. The van der Waals surface area contributed by atoms with E-state index in [1.54, 1.807) is 6.20 Å². The third-order valence-electron chi connectivity index (χ3n) is 2.46. The summed E-state index contributed by atoms with van der Waals surface area (Å²) in [4.78, 5) is 7.46. The molecule has 0 aliphatic heterocycles. The molecule has 3 aromatic rings. The minimum Gasteiger partial charge on any atom is -0.398 e. The van der Waals surface area contributed by atoms with Crippen LogP contribution in [0, 0.1) is 0 Å². The Morgan fingerprint density at radius 3 is 3.00 bits per heavy atom. The number of hydrogen-bond donors (Lipinski definition) is 2. The number of hydrogen-bond acceptors (Lipinski definition) is 2. The van der Waals surface area contributed by atoms with Gasteiger partial charge in [-0.25, -0.2) is 0 Å². The van der Waals surface area contributed by atoms with E-state index in [1.165, 1.54) is 0 Å². The Hall–Kier alpha value is -2.03. The molecule has 0 bridgehead atoms. The Morgan fingerprint density at radius 1 is 1.14 bits per heavy atom. The second-order valence-electron chi connectivity index (χ2n) is 3.30. The summed E-state index contributed by atoms with van der Waals surface area (Å²) in [7, 11) is 0. The molecule has 0 aliphatic carbocycles. The zero-order valence-corrected chi connectivity index (χ0v) is 7.49. The van der Waals surface area contributed by atoms with Gasteiger partial charge in [0.05, 0.1) is 5.52 Å². The van der Waals surface area contributed by atoms with Crippen LogP contribution >= 0.6 is 0 Å². The molecule has 14 heavy (non-hydrogen) atoms. The third kappa shape index (κ3) is 0.836. The van der Waals surface area contributed by atoms with Gasteiger partial charge < -0.3 is 10.7 Å². The first-order chi connectivity index (χ1) is 6.86. The van der Waals surface area contributed by atoms with Gasteiger partial charge >= 0.3 is 0 Å². The number of aromatic amines is 1. The molecule has 1 aromatic carbocycles. The van der Waals surface area contributed by atoms with E-state index in [1.807, 2.05) is 30.5 Å². The van der Waals surface area contributed by atoms with Crippen LogP contribution in [0.15, 0.2) is 36.7 Å². The van der Waals surface area contributed by atoms with Crippen molar-refractivity contribution in [2.75, 3.05) is 5.73 Å². The van der Waals surface area contributed by atoms with Gasteiger partial charge in [0, 0.05) is 34.4 Å². The Balaban J connectivity index is 2.67. The smallest absolute Gasteiger partial charge is 0.0816 e. The van der Waals surface area contributed by atoms with E-state index >= 15 is 0 Å². The lowest BCUT2D eigenvalue weighted by Crippen LogP contribution is -1.89. The van der Waals surface area contributed by atoms with Crippen LogP contribution in [-0.4, -0.2) is 9.97 Å². The normalized spacial score (nSPS) is 11.1. The van der Waals surface area contributed by atoms with E-state index < -0.39 is 0 Å². The van der Waals surface area contributed by atoms with Crippen LogP contribution in [0.4, 0.5) is 5.69 Å². The van der Waals surface area contributed by atoms with Crippen LogP contribution in [0.25, 0.3) is 21.8 Å². The summed E-state index contributed by atoms with van der Waals surface area (Å²) < 4.78 is 0. The topological polar surface area (TPSA) is 54.7 Å². The maximum absolute atomic E-state index is 5.92. The number of anilines is 1. The fraction of sp³-hybridized carbons (Fsp3) is 0. The standard InChI is InChI=1S/C11H9N3/c12-8-4-6-13-9-2-1-7-3-5-14-11(7)10(8)9/h1-6,13H,12H2. The molecule has 0 aliphatic rings. The van der Waals surface area contributed by atoms with Crippen molar-refractivity contribution in [1.29, 1.82) is 0 Å². The van der Waals surface area contributed by atoms with Crippen molar-refractivity contribution in [3.8, 4) is 0 Å². The second kappa shape index (κ2) is 2.48. The summed E-state index contributed by atoms with van der Waals surface area (Å²) >= 11 is 0. The molecular formula is C11H9N3. The van der Waals surface area contributed by atoms with Crippen molar-refractivity contribution in [2.45, 2.75) is 0 Å². The van der Waals surface area contributed by atoms with Crippen LogP contribution in [0.2, 0.25) is 0 Å². The average molecular weight is 183 g/mol. The molecule has 2 heterocycles. The average Bonchev–Trinajstić information content (AvgIpc) is 2.65. The van der Waals surface area contributed by atoms with Crippen LogP contribution in [0.3, 0.4) is 0 Å². The van der Waals surface area contributed by atoms with Crippen molar-refractivity contribution >= 4 is 27.5 Å². The molecule has 0 saturated heterocycles. The van der Waals surface area contributed by atoms with Crippen LogP contribution < -0.4 is 5.73 Å². The molecule has 0 amide bonds. The maximum Gasteiger partial charge on any atom is 0.0816 e. The quantitative estimate of drug-likeness (QED) is 0.561. The van der Waals surface area contributed by atoms with E-state index in [4.69, 9.17) is 5.73 Å². The van der Waals surface area contributed by atoms with E-state index in [0.717, 1.165) is 27.5 Å². The Bertz CT molecular complexity index is 610. The third-order valence-corrected chi connectivity index (χ3v) is 2.46. The minimum absolute atomic E-state index is 0.767. The first-order valence-corrected chi connectivity index (χ1v) is 4.46.